The number of aromatic nitrogens is 4. The van der Waals surface area contributed by atoms with Gasteiger partial charge in [-0.05, 0) is 70.3 Å². The zero-order valence-corrected chi connectivity index (χ0v) is 18.1. The number of anilines is 1. The molecule has 3 rings (SSSR count). The number of hydrogen-bond donors (Lipinski definition) is 1. The molecule has 6 nitrogen and oxygen atoms in total. The van der Waals surface area contributed by atoms with Crippen LogP contribution in [0.15, 0.2) is 33.2 Å². The standard InChI is InChI=1S/C18H19Br2N5O/c1-10-15(19)12(3)25(23-10)9-13-6-5-7-14(8-13)21-18(26)17-16(20)11(2)22-24(17)4/h5-8H,9H2,1-4H3,(H,21,26). The van der Waals surface area contributed by atoms with Crippen LogP contribution in [0.2, 0.25) is 0 Å². The summed E-state index contributed by atoms with van der Waals surface area (Å²) in [7, 11) is 1.75. The third-order valence-electron chi connectivity index (χ3n) is 4.17. The highest BCUT2D eigenvalue weighted by molar-refractivity contribution is 9.10. The van der Waals surface area contributed by atoms with Crippen LogP contribution in [-0.2, 0) is 13.6 Å². The molecule has 1 aromatic carbocycles. The van der Waals surface area contributed by atoms with Crippen LogP contribution in [0.4, 0.5) is 5.69 Å². The summed E-state index contributed by atoms with van der Waals surface area (Å²) in [5.74, 6) is -0.203. The van der Waals surface area contributed by atoms with Gasteiger partial charge in [-0.3, -0.25) is 14.2 Å². The van der Waals surface area contributed by atoms with Crippen molar-refractivity contribution in [1.82, 2.24) is 19.6 Å². The fraction of sp³-hybridized carbons (Fsp3) is 0.278. The van der Waals surface area contributed by atoms with E-state index in [0.717, 1.165) is 32.8 Å². The van der Waals surface area contributed by atoms with Crippen molar-refractivity contribution in [2.45, 2.75) is 27.3 Å². The smallest absolute Gasteiger partial charge is 0.275 e. The fourth-order valence-electron chi connectivity index (χ4n) is 2.82. The van der Waals surface area contributed by atoms with Gasteiger partial charge >= 0.3 is 0 Å². The minimum absolute atomic E-state index is 0.203. The molecule has 2 heterocycles. The van der Waals surface area contributed by atoms with E-state index >= 15 is 0 Å². The SMILES string of the molecule is Cc1nn(C)c(C(=O)Nc2cccc(Cn3nc(C)c(Br)c3C)c2)c1Br. The fourth-order valence-corrected chi connectivity index (χ4v) is 3.62. The van der Waals surface area contributed by atoms with Crippen molar-refractivity contribution < 1.29 is 4.79 Å². The van der Waals surface area contributed by atoms with Gasteiger partial charge in [-0.25, -0.2) is 0 Å². The number of carbonyl (C=O) groups excluding carboxylic acids is 1. The lowest BCUT2D eigenvalue weighted by atomic mass is 10.2. The van der Waals surface area contributed by atoms with Gasteiger partial charge in [-0.15, -0.1) is 0 Å². The second kappa shape index (κ2) is 7.36. The van der Waals surface area contributed by atoms with Crippen LogP contribution in [-0.4, -0.2) is 25.5 Å². The lowest BCUT2D eigenvalue weighted by Crippen LogP contribution is -2.17. The van der Waals surface area contributed by atoms with Crippen LogP contribution in [0.5, 0.6) is 0 Å². The summed E-state index contributed by atoms with van der Waals surface area (Å²) in [6, 6.07) is 7.77. The van der Waals surface area contributed by atoms with E-state index in [1.165, 1.54) is 0 Å². The molecule has 0 fully saturated rings. The maximum Gasteiger partial charge on any atom is 0.275 e. The molecule has 0 saturated heterocycles. The van der Waals surface area contributed by atoms with Gasteiger partial charge in [-0.1, -0.05) is 12.1 Å². The third kappa shape index (κ3) is 3.61. The molecule has 0 atom stereocenters. The molecule has 136 valence electrons. The molecule has 1 amide bonds. The van der Waals surface area contributed by atoms with Crippen molar-refractivity contribution in [2.75, 3.05) is 5.32 Å². The number of amides is 1. The minimum atomic E-state index is -0.203. The number of aryl methyl sites for hydroxylation is 3. The summed E-state index contributed by atoms with van der Waals surface area (Å²) in [6.45, 7) is 6.49. The first kappa shape index (κ1) is 18.8. The van der Waals surface area contributed by atoms with Crippen LogP contribution in [0.1, 0.15) is 33.1 Å². The normalized spacial score (nSPS) is 11.0. The van der Waals surface area contributed by atoms with Crippen molar-refractivity contribution in [1.29, 1.82) is 0 Å². The maximum atomic E-state index is 12.6. The molecule has 0 radical (unpaired) electrons. The Morgan fingerprint density at radius 1 is 1.12 bits per heavy atom. The molecule has 0 saturated carbocycles. The summed E-state index contributed by atoms with van der Waals surface area (Å²) < 4.78 is 5.26. The summed E-state index contributed by atoms with van der Waals surface area (Å²) in [5.41, 5.74) is 5.10. The highest BCUT2D eigenvalue weighted by Gasteiger charge is 2.18. The Labute approximate surface area is 168 Å². The topological polar surface area (TPSA) is 64.7 Å². The van der Waals surface area contributed by atoms with Crippen molar-refractivity contribution in [3.63, 3.8) is 0 Å². The van der Waals surface area contributed by atoms with Crippen LogP contribution in [0.25, 0.3) is 0 Å². The zero-order chi connectivity index (χ0) is 19.0. The zero-order valence-electron chi connectivity index (χ0n) is 15.0. The molecular weight excluding hydrogens is 462 g/mol. The number of nitrogens with zero attached hydrogens (tertiary/aromatic N) is 4. The van der Waals surface area contributed by atoms with Crippen LogP contribution in [0, 0.1) is 20.8 Å². The van der Waals surface area contributed by atoms with Crippen molar-refractivity contribution in [3.05, 3.63) is 61.6 Å². The molecule has 1 N–H and O–H groups in total. The summed E-state index contributed by atoms with van der Waals surface area (Å²) in [5, 5.41) is 11.7. The maximum absolute atomic E-state index is 12.6. The van der Waals surface area contributed by atoms with Gasteiger partial charge in [0.2, 0.25) is 0 Å². The summed E-state index contributed by atoms with van der Waals surface area (Å²) >= 11 is 6.98. The first-order chi connectivity index (χ1) is 12.3. The monoisotopic (exact) mass is 479 g/mol. The van der Waals surface area contributed by atoms with E-state index in [9.17, 15) is 4.79 Å². The number of nitrogens with one attached hydrogen (secondary N) is 1. The lowest BCUT2D eigenvalue weighted by Gasteiger charge is -2.09. The quantitative estimate of drug-likeness (QED) is 0.603. The third-order valence-corrected chi connectivity index (χ3v) is 6.27. The molecule has 2 aromatic heterocycles. The van der Waals surface area contributed by atoms with Gasteiger partial charge in [0.05, 0.1) is 32.6 Å². The van der Waals surface area contributed by atoms with Crippen molar-refractivity contribution in [3.8, 4) is 0 Å². The van der Waals surface area contributed by atoms with E-state index < -0.39 is 0 Å². The highest BCUT2D eigenvalue weighted by Crippen LogP contribution is 2.23. The molecular formula is C18H19Br2N5O. The average Bonchev–Trinajstić information content (AvgIpc) is 2.97. The van der Waals surface area contributed by atoms with E-state index in [1.54, 1.807) is 11.7 Å². The van der Waals surface area contributed by atoms with E-state index in [1.807, 2.05) is 49.7 Å². The Kier molecular flexibility index (Phi) is 5.34. The average molecular weight is 481 g/mol. The van der Waals surface area contributed by atoms with Crippen molar-refractivity contribution in [2.24, 2.45) is 7.05 Å². The highest BCUT2D eigenvalue weighted by atomic mass is 79.9. The van der Waals surface area contributed by atoms with E-state index in [2.05, 4.69) is 47.4 Å². The van der Waals surface area contributed by atoms with Gasteiger partial charge < -0.3 is 5.32 Å². The van der Waals surface area contributed by atoms with Crippen LogP contribution < -0.4 is 5.32 Å². The molecule has 3 aromatic rings. The Bertz CT molecular complexity index is 990. The largest absolute Gasteiger partial charge is 0.321 e. The lowest BCUT2D eigenvalue weighted by molar-refractivity contribution is 0.101. The number of rotatable bonds is 4. The number of carbonyl (C=O) groups is 1. The van der Waals surface area contributed by atoms with E-state index in [4.69, 9.17) is 0 Å². The number of benzene rings is 1. The van der Waals surface area contributed by atoms with E-state index in [0.29, 0.717) is 16.7 Å². The molecule has 0 aliphatic carbocycles. The molecule has 0 bridgehead atoms. The Balaban J connectivity index is 1.81. The van der Waals surface area contributed by atoms with E-state index in [-0.39, 0.29) is 5.91 Å². The molecule has 0 spiro atoms. The first-order valence-electron chi connectivity index (χ1n) is 8.06. The number of hydrogen-bond acceptors (Lipinski definition) is 3. The second-order valence-electron chi connectivity index (χ2n) is 6.17. The van der Waals surface area contributed by atoms with Gasteiger partial charge in [0.25, 0.3) is 5.91 Å². The Morgan fingerprint density at radius 3 is 2.38 bits per heavy atom. The van der Waals surface area contributed by atoms with Crippen LogP contribution >= 0.6 is 31.9 Å². The van der Waals surface area contributed by atoms with Gasteiger partial charge in [-0.2, -0.15) is 10.2 Å². The van der Waals surface area contributed by atoms with Crippen molar-refractivity contribution >= 4 is 43.5 Å². The Morgan fingerprint density at radius 2 is 1.81 bits per heavy atom. The van der Waals surface area contributed by atoms with Gasteiger partial charge in [0, 0.05) is 12.7 Å². The van der Waals surface area contributed by atoms with Gasteiger partial charge in [0.15, 0.2) is 0 Å². The number of halogens is 2. The molecule has 8 heteroatoms. The second-order valence-corrected chi connectivity index (χ2v) is 7.75. The summed E-state index contributed by atoms with van der Waals surface area (Å²) in [6.07, 6.45) is 0. The molecule has 0 unspecified atom stereocenters. The molecule has 0 aliphatic rings. The Hall–Kier alpha value is -1.93. The van der Waals surface area contributed by atoms with Crippen LogP contribution in [0.3, 0.4) is 0 Å². The predicted octanol–water partition coefficient (Wildman–Crippen LogP) is 4.37. The summed E-state index contributed by atoms with van der Waals surface area (Å²) in [4.78, 5) is 12.6. The predicted molar refractivity (Wildman–Crippen MR) is 109 cm³/mol. The van der Waals surface area contributed by atoms with Gasteiger partial charge in [0.1, 0.15) is 5.69 Å². The molecule has 0 aliphatic heterocycles. The molecule has 26 heavy (non-hydrogen) atoms. The minimum Gasteiger partial charge on any atom is -0.321 e. The first-order valence-corrected chi connectivity index (χ1v) is 9.65.